The highest BCUT2D eigenvalue weighted by Gasteiger charge is 2.37. The van der Waals surface area contributed by atoms with E-state index in [1.54, 1.807) is 0 Å². The summed E-state index contributed by atoms with van der Waals surface area (Å²) in [5, 5.41) is 9.60. The van der Waals surface area contributed by atoms with E-state index in [1.807, 2.05) is 49.1 Å². The van der Waals surface area contributed by atoms with Crippen LogP contribution in [0.4, 0.5) is 38.1 Å². The second-order valence-corrected chi connectivity index (χ2v) is 10.2. The summed E-state index contributed by atoms with van der Waals surface area (Å²) in [6.45, 7) is 4.78. The van der Waals surface area contributed by atoms with Crippen molar-refractivity contribution >= 4 is 28.6 Å². The molecule has 2 aromatic heterocycles. The fourth-order valence-corrected chi connectivity index (χ4v) is 4.76. The molecule has 0 aliphatic heterocycles. The minimum Gasteiger partial charge on any atom is -0.490 e. The van der Waals surface area contributed by atoms with Crippen molar-refractivity contribution in [3.8, 4) is 5.75 Å². The highest BCUT2D eigenvalue weighted by atomic mass is 19.4. The number of hydrogen-bond acceptors (Lipinski definition) is 7. The summed E-state index contributed by atoms with van der Waals surface area (Å²) in [6, 6.07) is 10.7. The first-order valence-electron chi connectivity index (χ1n) is 14.1. The largest absolute Gasteiger partial charge is 0.490 e. The highest BCUT2D eigenvalue weighted by Crippen LogP contribution is 2.37. The topological polar surface area (TPSA) is 91.7 Å². The number of aliphatic carboxylic acids is 1. The number of fused-ring (bicyclic) bond motifs is 1. The van der Waals surface area contributed by atoms with Gasteiger partial charge in [-0.05, 0) is 56.2 Å². The minimum atomic E-state index is -5.00. The Morgan fingerprint density at radius 1 is 0.867 bits per heavy atom. The normalized spacial score (nSPS) is 11.9. The van der Waals surface area contributed by atoms with Gasteiger partial charge in [0.05, 0.1) is 35.6 Å². The molecule has 4 rings (SSSR count). The van der Waals surface area contributed by atoms with Crippen molar-refractivity contribution in [1.82, 2.24) is 15.0 Å². The zero-order valence-electron chi connectivity index (χ0n) is 24.5. The van der Waals surface area contributed by atoms with Gasteiger partial charge in [0.1, 0.15) is 5.82 Å². The van der Waals surface area contributed by atoms with Gasteiger partial charge in [-0.25, -0.2) is 15.0 Å². The van der Waals surface area contributed by atoms with E-state index in [-0.39, 0.29) is 49.3 Å². The number of anilines is 2. The molecule has 0 atom stereocenters. The number of pyridine rings is 1. The number of benzene rings is 2. The zero-order valence-corrected chi connectivity index (χ0v) is 24.5. The van der Waals surface area contributed by atoms with E-state index in [0.29, 0.717) is 36.6 Å². The van der Waals surface area contributed by atoms with Crippen LogP contribution in [0.2, 0.25) is 0 Å². The maximum Gasteiger partial charge on any atom is 0.416 e. The summed E-state index contributed by atoms with van der Waals surface area (Å²) in [6.07, 6.45) is -7.24. The maximum atomic E-state index is 13.7. The second kappa shape index (κ2) is 14.0. The molecule has 0 aliphatic rings. The monoisotopic (exact) mass is 635 g/mol. The lowest BCUT2D eigenvalue weighted by atomic mass is 10.0. The van der Waals surface area contributed by atoms with Gasteiger partial charge in [-0.2, -0.15) is 26.3 Å². The van der Waals surface area contributed by atoms with Gasteiger partial charge in [-0.15, -0.1) is 0 Å². The van der Waals surface area contributed by atoms with Gasteiger partial charge in [0.15, 0.2) is 5.75 Å². The third-order valence-electron chi connectivity index (χ3n) is 6.93. The summed E-state index contributed by atoms with van der Waals surface area (Å²) < 4.78 is 87.5. The molecule has 2 aromatic carbocycles. The molecule has 240 valence electrons. The zero-order chi connectivity index (χ0) is 32.8. The van der Waals surface area contributed by atoms with Gasteiger partial charge < -0.3 is 19.6 Å². The van der Waals surface area contributed by atoms with Crippen LogP contribution >= 0.6 is 0 Å². The molecule has 0 radical (unpaired) electrons. The molecular weight excluding hydrogens is 604 g/mol. The molecule has 45 heavy (non-hydrogen) atoms. The van der Waals surface area contributed by atoms with Gasteiger partial charge in [-0.3, -0.25) is 4.79 Å². The summed E-state index contributed by atoms with van der Waals surface area (Å²) in [5.41, 5.74) is -1.70. The molecule has 0 saturated heterocycles. The van der Waals surface area contributed by atoms with E-state index in [4.69, 9.17) is 14.8 Å². The molecule has 1 N–H and O–H groups in total. The number of halogens is 6. The summed E-state index contributed by atoms with van der Waals surface area (Å²) in [7, 11) is 0. The highest BCUT2D eigenvalue weighted by molar-refractivity contribution is 5.82. The third kappa shape index (κ3) is 8.73. The average Bonchev–Trinajstić information content (AvgIpc) is 2.99. The third-order valence-corrected chi connectivity index (χ3v) is 6.93. The Bertz CT molecular complexity index is 1580. The fourth-order valence-electron chi connectivity index (χ4n) is 4.76. The predicted molar refractivity (Wildman–Crippen MR) is 156 cm³/mol. The van der Waals surface area contributed by atoms with Crippen LogP contribution in [0.3, 0.4) is 0 Å². The van der Waals surface area contributed by atoms with Crippen molar-refractivity contribution in [2.75, 3.05) is 29.5 Å². The van der Waals surface area contributed by atoms with Crippen LogP contribution in [-0.4, -0.2) is 45.7 Å². The van der Waals surface area contributed by atoms with E-state index < -0.39 is 36.0 Å². The number of hydrogen-bond donors (Lipinski definition) is 1. The standard InChI is InChI=1S/C31H31F6N5O3/c1-3-41(4-2)28-22(14-21-8-5-6-9-26(21)40-28)19-42(29-38-16-25(17-39-29)45-11-7-10-27(43)44)18-20-12-23(30(32,33)34)15-24(13-20)31(35,36)37/h5-6,8-9,12-17H,3-4,7,10-11,18-19H2,1-2H3,(H,43,44). The van der Waals surface area contributed by atoms with Gasteiger partial charge in [0, 0.05) is 43.5 Å². The van der Waals surface area contributed by atoms with Crippen molar-refractivity contribution in [2.45, 2.75) is 52.1 Å². The Labute approximate surface area is 255 Å². The Balaban J connectivity index is 1.77. The molecule has 0 amide bonds. The predicted octanol–water partition coefficient (Wildman–Crippen LogP) is 7.36. The molecule has 0 spiro atoms. The van der Waals surface area contributed by atoms with Crippen LogP contribution in [0.25, 0.3) is 10.9 Å². The molecule has 4 aromatic rings. The first-order chi connectivity index (χ1) is 21.3. The Morgan fingerprint density at radius 2 is 1.49 bits per heavy atom. The van der Waals surface area contributed by atoms with Gasteiger partial charge >= 0.3 is 18.3 Å². The maximum absolute atomic E-state index is 13.7. The number of nitrogens with zero attached hydrogens (tertiary/aromatic N) is 5. The molecule has 0 saturated carbocycles. The second-order valence-electron chi connectivity index (χ2n) is 10.2. The Kier molecular flexibility index (Phi) is 10.3. The number of alkyl halides is 6. The molecule has 2 heterocycles. The summed E-state index contributed by atoms with van der Waals surface area (Å²) in [5.74, 6) is -0.116. The number of aromatic nitrogens is 3. The Hall–Kier alpha value is -4.62. The SMILES string of the molecule is CCN(CC)c1nc2ccccc2cc1CN(Cc1cc(C(F)(F)F)cc(C(F)(F)F)c1)c1ncc(OCCCC(=O)O)cn1. The molecule has 8 nitrogen and oxygen atoms in total. The van der Waals surface area contributed by atoms with E-state index in [1.165, 1.54) is 17.3 Å². The van der Waals surface area contributed by atoms with Crippen molar-refractivity contribution < 1.29 is 41.0 Å². The van der Waals surface area contributed by atoms with Crippen molar-refractivity contribution in [3.05, 3.63) is 83.2 Å². The molecule has 14 heteroatoms. The average molecular weight is 636 g/mol. The molecule has 0 unspecified atom stereocenters. The van der Waals surface area contributed by atoms with E-state index in [0.717, 1.165) is 10.9 Å². The van der Waals surface area contributed by atoms with E-state index in [2.05, 4.69) is 9.97 Å². The van der Waals surface area contributed by atoms with Crippen LogP contribution in [0.15, 0.2) is 60.9 Å². The van der Waals surface area contributed by atoms with Gasteiger partial charge in [-0.1, -0.05) is 18.2 Å². The Morgan fingerprint density at radius 3 is 2.07 bits per heavy atom. The quantitative estimate of drug-likeness (QED) is 0.120. The van der Waals surface area contributed by atoms with Gasteiger partial charge in [0.2, 0.25) is 5.95 Å². The van der Waals surface area contributed by atoms with E-state index in [9.17, 15) is 31.1 Å². The van der Waals surface area contributed by atoms with Crippen LogP contribution in [-0.2, 0) is 30.2 Å². The molecular formula is C31H31F6N5O3. The van der Waals surface area contributed by atoms with Crippen LogP contribution in [0.1, 0.15) is 48.9 Å². The molecule has 0 fully saturated rings. The number of carboxylic acid groups (broad SMARTS) is 1. The summed E-state index contributed by atoms with van der Waals surface area (Å²) >= 11 is 0. The van der Waals surface area contributed by atoms with Crippen LogP contribution in [0, 0.1) is 0 Å². The summed E-state index contributed by atoms with van der Waals surface area (Å²) in [4.78, 5) is 27.6. The number of carboxylic acids is 1. The fraction of sp³-hybridized carbons (Fsp3) is 0.355. The first kappa shape index (κ1) is 33.3. The number of carbonyl (C=O) groups is 1. The first-order valence-corrected chi connectivity index (χ1v) is 14.1. The lowest BCUT2D eigenvalue weighted by Crippen LogP contribution is -2.29. The minimum absolute atomic E-state index is 0.0000790. The van der Waals surface area contributed by atoms with Crippen molar-refractivity contribution in [1.29, 1.82) is 0 Å². The van der Waals surface area contributed by atoms with Crippen molar-refractivity contribution in [2.24, 2.45) is 0 Å². The molecule has 0 bridgehead atoms. The lowest BCUT2D eigenvalue weighted by molar-refractivity contribution is -0.143. The van der Waals surface area contributed by atoms with Crippen LogP contribution in [0.5, 0.6) is 5.75 Å². The number of rotatable bonds is 13. The van der Waals surface area contributed by atoms with Crippen molar-refractivity contribution in [3.63, 3.8) is 0 Å². The van der Waals surface area contributed by atoms with Gasteiger partial charge in [0.25, 0.3) is 0 Å². The molecule has 0 aliphatic carbocycles. The number of para-hydroxylation sites is 1. The van der Waals surface area contributed by atoms with Crippen LogP contribution < -0.4 is 14.5 Å². The number of ether oxygens (including phenoxy) is 1. The lowest BCUT2D eigenvalue weighted by Gasteiger charge is -2.28. The smallest absolute Gasteiger partial charge is 0.416 e. The van der Waals surface area contributed by atoms with E-state index >= 15 is 0 Å².